The number of rotatable bonds is 8. The number of anilines is 1. The molecule has 0 spiro atoms. The van der Waals surface area contributed by atoms with Crippen LogP contribution < -0.4 is 9.75 Å². The summed E-state index contributed by atoms with van der Waals surface area (Å²) in [5.74, 6) is 0.511. The highest BCUT2D eigenvalue weighted by Gasteiger charge is 2.40. The standard InChI is InChI=1S/C32H29ClFN3O2/c1-21-9-15-28(17-22(21)2)37-32(36(31(35-37)23(3)38)19-24-7-5-4-6-8-24)29-18-26(33)12-16-30(29)39-20-25-10-13-27(34)14-11-25/h4-18,32H,19-20H2,1-3H3/t32-/m0/s1. The molecule has 5 rings (SSSR count). The number of halogens is 2. The molecular formula is C32H29ClFN3O2. The number of benzene rings is 4. The number of carbonyl (C=O) groups excluding carboxylic acids is 1. The van der Waals surface area contributed by atoms with Gasteiger partial charge in [-0.1, -0.05) is 60.1 Å². The lowest BCUT2D eigenvalue weighted by atomic mass is 10.1. The Balaban J connectivity index is 1.61. The highest BCUT2D eigenvalue weighted by Crippen LogP contribution is 2.42. The molecule has 0 fully saturated rings. The van der Waals surface area contributed by atoms with E-state index in [-0.39, 0.29) is 18.2 Å². The van der Waals surface area contributed by atoms with Crippen molar-refractivity contribution in [2.75, 3.05) is 5.01 Å². The number of nitrogens with zero attached hydrogens (tertiary/aromatic N) is 3. The van der Waals surface area contributed by atoms with Gasteiger partial charge in [-0.15, -0.1) is 5.10 Å². The first kappa shape index (κ1) is 26.4. The van der Waals surface area contributed by atoms with Gasteiger partial charge in [0.15, 0.2) is 17.8 Å². The topological polar surface area (TPSA) is 45.1 Å². The van der Waals surface area contributed by atoms with E-state index in [0.717, 1.165) is 33.5 Å². The molecule has 0 amide bonds. The van der Waals surface area contributed by atoms with E-state index in [9.17, 15) is 9.18 Å². The number of Topliss-reactive ketones (excluding diaryl/α,β-unsaturated/α-hetero) is 1. The fraction of sp³-hybridized carbons (Fsp3) is 0.188. The minimum absolute atomic E-state index is 0.141. The molecular weight excluding hydrogens is 513 g/mol. The highest BCUT2D eigenvalue weighted by molar-refractivity contribution is 6.38. The maximum atomic E-state index is 13.4. The van der Waals surface area contributed by atoms with Gasteiger partial charge in [0, 0.05) is 24.1 Å². The van der Waals surface area contributed by atoms with Crippen LogP contribution in [0.5, 0.6) is 5.75 Å². The Labute approximate surface area is 233 Å². The van der Waals surface area contributed by atoms with Crippen molar-refractivity contribution in [2.24, 2.45) is 5.10 Å². The molecule has 0 saturated carbocycles. The van der Waals surface area contributed by atoms with E-state index in [2.05, 4.69) is 26.0 Å². The summed E-state index contributed by atoms with van der Waals surface area (Å²) < 4.78 is 19.7. The third-order valence-electron chi connectivity index (χ3n) is 6.82. The summed E-state index contributed by atoms with van der Waals surface area (Å²) in [6, 6.07) is 27.8. The number of amidine groups is 1. The average Bonchev–Trinajstić information content (AvgIpc) is 3.30. The third kappa shape index (κ3) is 5.81. The molecule has 1 atom stereocenters. The number of hydrazone groups is 1. The number of hydrogen-bond donors (Lipinski definition) is 0. The van der Waals surface area contributed by atoms with Crippen LogP contribution in [0.15, 0.2) is 96.1 Å². The van der Waals surface area contributed by atoms with Gasteiger partial charge in [-0.05, 0) is 78.6 Å². The van der Waals surface area contributed by atoms with Crippen LogP contribution in [0.4, 0.5) is 10.1 Å². The van der Waals surface area contributed by atoms with Crippen molar-refractivity contribution in [2.45, 2.75) is 40.1 Å². The Morgan fingerprint density at radius 2 is 1.67 bits per heavy atom. The van der Waals surface area contributed by atoms with Crippen LogP contribution in [-0.2, 0) is 17.9 Å². The Morgan fingerprint density at radius 3 is 2.36 bits per heavy atom. The van der Waals surface area contributed by atoms with Crippen LogP contribution in [-0.4, -0.2) is 16.5 Å². The summed E-state index contributed by atoms with van der Waals surface area (Å²) in [4.78, 5) is 14.9. The van der Waals surface area contributed by atoms with E-state index in [4.69, 9.17) is 21.4 Å². The molecule has 1 heterocycles. The van der Waals surface area contributed by atoms with Gasteiger partial charge in [0.05, 0.1) is 5.69 Å². The molecule has 0 aliphatic carbocycles. The first-order valence-electron chi connectivity index (χ1n) is 12.7. The zero-order valence-corrected chi connectivity index (χ0v) is 22.8. The fourth-order valence-corrected chi connectivity index (χ4v) is 4.82. The largest absolute Gasteiger partial charge is 0.488 e. The van der Waals surface area contributed by atoms with E-state index >= 15 is 0 Å². The normalized spacial score (nSPS) is 14.9. The van der Waals surface area contributed by atoms with Crippen LogP contribution in [0.1, 0.15) is 40.9 Å². The SMILES string of the molecule is CC(=O)C1=NN(c2ccc(C)c(C)c2)[C@@H](c2cc(Cl)ccc2OCc2ccc(F)cc2)N1Cc1ccccc1. The molecule has 1 aliphatic heterocycles. The van der Waals surface area contributed by atoms with E-state index < -0.39 is 6.17 Å². The van der Waals surface area contributed by atoms with Crippen molar-refractivity contribution in [3.05, 3.63) is 130 Å². The van der Waals surface area contributed by atoms with Crippen molar-refractivity contribution >= 4 is 28.9 Å². The van der Waals surface area contributed by atoms with Crippen LogP contribution >= 0.6 is 11.6 Å². The Morgan fingerprint density at radius 1 is 0.923 bits per heavy atom. The first-order valence-corrected chi connectivity index (χ1v) is 13.1. The Kier molecular flexibility index (Phi) is 7.66. The van der Waals surface area contributed by atoms with Gasteiger partial charge < -0.3 is 9.64 Å². The second kappa shape index (κ2) is 11.3. The molecule has 0 bridgehead atoms. The van der Waals surface area contributed by atoms with E-state index in [1.54, 1.807) is 18.2 Å². The number of carbonyl (C=O) groups is 1. The molecule has 0 aromatic heterocycles. The van der Waals surface area contributed by atoms with Gasteiger partial charge in [-0.2, -0.15) is 0 Å². The highest BCUT2D eigenvalue weighted by atomic mass is 35.5. The second-order valence-electron chi connectivity index (χ2n) is 9.68. The van der Waals surface area contributed by atoms with Crippen LogP contribution in [0.3, 0.4) is 0 Å². The molecule has 0 N–H and O–H groups in total. The minimum atomic E-state index is -0.506. The predicted molar refractivity (Wildman–Crippen MR) is 153 cm³/mol. The van der Waals surface area contributed by atoms with Gasteiger partial charge in [0.1, 0.15) is 18.2 Å². The van der Waals surface area contributed by atoms with Gasteiger partial charge >= 0.3 is 0 Å². The summed E-state index contributed by atoms with van der Waals surface area (Å²) in [5.41, 5.74) is 5.76. The maximum absolute atomic E-state index is 13.4. The zero-order valence-electron chi connectivity index (χ0n) is 22.1. The fourth-order valence-electron chi connectivity index (χ4n) is 4.64. The third-order valence-corrected chi connectivity index (χ3v) is 7.06. The van der Waals surface area contributed by atoms with Crippen LogP contribution in [0.2, 0.25) is 5.02 Å². The molecule has 1 aliphatic rings. The lowest BCUT2D eigenvalue weighted by molar-refractivity contribution is -0.111. The summed E-state index contributed by atoms with van der Waals surface area (Å²) >= 11 is 6.54. The van der Waals surface area contributed by atoms with Gasteiger partial charge in [-0.3, -0.25) is 4.79 Å². The summed E-state index contributed by atoms with van der Waals surface area (Å²) in [6.07, 6.45) is -0.506. The quantitative estimate of drug-likeness (QED) is 0.230. The zero-order chi connectivity index (χ0) is 27.5. The molecule has 198 valence electrons. The predicted octanol–water partition coefficient (Wildman–Crippen LogP) is 7.60. The van der Waals surface area contributed by atoms with Crippen molar-refractivity contribution in [3.63, 3.8) is 0 Å². The van der Waals surface area contributed by atoms with E-state index in [1.165, 1.54) is 19.1 Å². The smallest absolute Gasteiger partial charge is 0.196 e. The van der Waals surface area contributed by atoms with Crippen molar-refractivity contribution in [3.8, 4) is 5.75 Å². The van der Waals surface area contributed by atoms with Crippen molar-refractivity contribution in [1.29, 1.82) is 0 Å². The molecule has 5 nitrogen and oxygen atoms in total. The summed E-state index contributed by atoms with van der Waals surface area (Å²) in [5, 5.41) is 7.25. The Hall–Kier alpha value is -4.16. The molecule has 4 aromatic rings. The van der Waals surface area contributed by atoms with Crippen LogP contribution in [0, 0.1) is 19.7 Å². The summed E-state index contributed by atoms with van der Waals surface area (Å²) in [6.45, 7) is 6.34. The monoisotopic (exact) mass is 541 g/mol. The average molecular weight is 542 g/mol. The molecule has 0 radical (unpaired) electrons. The van der Waals surface area contributed by atoms with Gasteiger partial charge in [0.25, 0.3) is 0 Å². The van der Waals surface area contributed by atoms with Gasteiger partial charge in [-0.25, -0.2) is 9.40 Å². The van der Waals surface area contributed by atoms with E-state index in [0.29, 0.717) is 23.2 Å². The lowest BCUT2D eigenvalue weighted by Gasteiger charge is -2.33. The first-order chi connectivity index (χ1) is 18.8. The number of hydrogen-bond acceptors (Lipinski definition) is 5. The maximum Gasteiger partial charge on any atom is 0.196 e. The number of aryl methyl sites for hydroxylation is 2. The van der Waals surface area contributed by atoms with Crippen molar-refractivity contribution < 1.29 is 13.9 Å². The second-order valence-corrected chi connectivity index (χ2v) is 10.1. The molecule has 39 heavy (non-hydrogen) atoms. The molecule has 4 aromatic carbocycles. The van der Waals surface area contributed by atoms with Gasteiger partial charge in [0.2, 0.25) is 0 Å². The lowest BCUT2D eigenvalue weighted by Crippen LogP contribution is -2.37. The minimum Gasteiger partial charge on any atom is -0.488 e. The van der Waals surface area contributed by atoms with Crippen molar-refractivity contribution in [1.82, 2.24) is 4.90 Å². The summed E-state index contributed by atoms with van der Waals surface area (Å²) in [7, 11) is 0. The number of ether oxygens (including phenoxy) is 1. The Bertz CT molecular complexity index is 1520. The molecule has 0 unspecified atom stereocenters. The van der Waals surface area contributed by atoms with E-state index in [1.807, 2.05) is 58.4 Å². The number of ketones is 1. The molecule has 7 heteroatoms. The molecule has 0 saturated heterocycles. The van der Waals surface area contributed by atoms with Crippen LogP contribution in [0.25, 0.3) is 0 Å².